The van der Waals surface area contributed by atoms with Crippen molar-refractivity contribution >= 4 is 0 Å². The van der Waals surface area contributed by atoms with Gasteiger partial charge in [-0.1, -0.05) is 26.7 Å². The third-order valence-electron chi connectivity index (χ3n) is 2.67. The molecule has 0 aliphatic heterocycles. The lowest BCUT2D eigenvalue weighted by Crippen LogP contribution is -2.38. The van der Waals surface area contributed by atoms with Gasteiger partial charge in [0, 0.05) is 5.54 Å². The van der Waals surface area contributed by atoms with E-state index in [4.69, 9.17) is 0 Å². The Morgan fingerprint density at radius 3 is 2.00 bits per heavy atom. The highest BCUT2D eigenvalue weighted by Crippen LogP contribution is 2.12. The molecule has 80 valence electrons. The van der Waals surface area contributed by atoms with E-state index in [2.05, 4.69) is 46.6 Å². The zero-order valence-electron chi connectivity index (χ0n) is 10.4. The minimum absolute atomic E-state index is 0.331. The van der Waals surface area contributed by atoms with Crippen molar-refractivity contribution < 1.29 is 0 Å². The minimum Gasteiger partial charge on any atom is -0.302 e. The third-order valence-corrected chi connectivity index (χ3v) is 2.67. The van der Waals surface area contributed by atoms with Crippen molar-refractivity contribution in [1.29, 1.82) is 0 Å². The van der Waals surface area contributed by atoms with Gasteiger partial charge in [0.1, 0.15) is 0 Å². The average Bonchev–Trinajstić information content (AvgIpc) is 1.95. The number of nitrogens with zero attached hydrogens (tertiary/aromatic N) is 1. The van der Waals surface area contributed by atoms with Crippen molar-refractivity contribution in [1.82, 2.24) is 4.90 Å². The molecule has 0 aliphatic rings. The van der Waals surface area contributed by atoms with Crippen LogP contribution in [0.25, 0.3) is 0 Å². The summed E-state index contributed by atoms with van der Waals surface area (Å²) in [5.41, 5.74) is 0.331. The summed E-state index contributed by atoms with van der Waals surface area (Å²) in [5.74, 6) is 0.861. The SMILES string of the molecule is CC(C)CCCCN(C)C(C)(C)C. The standard InChI is InChI=1S/C12H27N/c1-11(2)9-7-8-10-13(6)12(3,4)5/h11H,7-10H2,1-6H3. The summed E-state index contributed by atoms with van der Waals surface area (Å²) in [7, 11) is 2.22. The number of unbranched alkanes of at least 4 members (excludes halogenated alkanes) is 1. The van der Waals surface area contributed by atoms with Gasteiger partial charge in [-0.05, 0) is 46.7 Å². The second-order valence-corrected chi connectivity index (χ2v) is 5.48. The van der Waals surface area contributed by atoms with Crippen LogP contribution >= 0.6 is 0 Å². The van der Waals surface area contributed by atoms with E-state index in [-0.39, 0.29) is 0 Å². The van der Waals surface area contributed by atoms with Crippen LogP contribution in [0.2, 0.25) is 0 Å². The topological polar surface area (TPSA) is 3.24 Å². The largest absolute Gasteiger partial charge is 0.302 e. The van der Waals surface area contributed by atoms with E-state index in [1.54, 1.807) is 0 Å². The van der Waals surface area contributed by atoms with Gasteiger partial charge in [0.05, 0.1) is 0 Å². The first-order valence-electron chi connectivity index (χ1n) is 5.55. The Balaban J connectivity index is 3.43. The summed E-state index contributed by atoms with van der Waals surface area (Å²) in [4.78, 5) is 2.44. The smallest absolute Gasteiger partial charge is 0.0122 e. The van der Waals surface area contributed by atoms with E-state index in [1.165, 1.54) is 25.8 Å². The van der Waals surface area contributed by atoms with Gasteiger partial charge in [-0.25, -0.2) is 0 Å². The molecule has 0 rings (SSSR count). The lowest BCUT2D eigenvalue weighted by atomic mass is 10.0. The van der Waals surface area contributed by atoms with Crippen molar-refractivity contribution in [3.8, 4) is 0 Å². The van der Waals surface area contributed by atoms with Crippen LogP contribution in [-0.4, -0.2) is 24.0 Å². The van der Waals surface area contributed by atoms with Crippen LogP contribution < -0.4 is 0 Å². The van der Waals surface area contributed by atoms with Crippen molar-refractivity contribution in [2.75, 3.05) is 13.6 Å². The Morgan fingerprint density at radius 1 is 1.08 bits per heavy atom. The predicted molar refractivity (Wildman–Crippen MR) is 61.1 cm³/mol. The van der Waals surface area contributed by atoms with E-state index in [9.17, 15) is 0 Å². The first-order chi connectivity index (χ1) is 5.84. The Kier molecular flexibility index (Phi) is 5.62. The van der Waals surface area contributed by atoms with Gasteiger partial charge in [0.15, 0.2) is 0 Å². The lowest BCUT2D eigenvalue weighted by molar-refractivity contribution is 0.171. The van der Waals surface area contributed by atoms with Crippen LogP contribution in [0.3, 0.4) is 0 Å². The maximum Gasteiger partial charge on any atom is 0.0122 e. The van der Waals surface area contributed by atoms with Crippen LogP contribution in [-0.2, 0) is 0 Å². The number of rotatable bonds is 5. The molecule has 0 bridgehead atoms. The van der Waals surface area contributed by atoms with Crippen molar-refractivity contribution in [3.63, 3.8) is 0 Å². The van der Waals surface area contributed by atoms with Crippen molar-refractivity contribution in [2.24, 2.45) is 5.92 Å². The van der Waals surface area contributed by atoms with Gasteiger partial charge < -0.3 is 4.90 Å². The molecule has 0 aromatic carbocycles. The monoisotopic (exact) mass is 185 g/mol. The van der Waals surface area contributed by atoms with E-state index in [1.807, 2.05) is 0 Å². The Bertz CT molecular complexity index is 122. The second-order valence-electron chi connectivity index (χ2n) is 5.48. The average molecular weight is 185 g/mol. The molecule has 0 spiro atoms. The van der Waals surface area contributed by atoms with Gasteiger partial charge in [0.2, 0.25) is 0 Å². The van der Waals surface area contributed by atoms with Crippen LogP contribution in [0.5, 0.6) is 0 Å². The first kappa shape index (κ1) is 13.0. The molecule has 0 saturated heterocycles. The normalized spacial score (nSPS) is 12.9. The number of hydrogen-bond acceptors (Lipinski definition) is 1. The van der Waals surface area contributed by atoms with E-state index >= 15 is 0 Å². The Morgan fingerprint density at radius 2 is 1.62 bits per heavy atom. The summed E-state index contributed by atoms with van der Waals surface area (Å²) in [6, 6.07) is 0. The molecule has 0 radical (unpaired) electrons. The fourth-order valence-electron chi connectivity index (χ4n) is 1.24. The molecule has 1 nitrogen and oxygen atoms in total. The van der Waals surface area contributed by atoms with Crippen LogP contribution in [0.4, 0.5) is 0 Å². The second kappa shape index (κ2) is 5.64. The van der Waals surface area contributed by atoms with Crippen molar-refractivity contribution in [3.05, 3.63) is 0 Å². The summed E-state index contributed by atoms with van der Waals surface area (Å²) in [6.45, 7) is 12.7. The maximum absolute atomic E-state index is 2.44. The zero-order valence-corrected chi connectivity index (χ0v) is 10.4. The highest BCUT2D eigenvalue weighted by Gasteiger charge is 2.15. The molecule has 0 heterocycles. The molecule has 13 heavy (non-hydrogen) atoms. The molecule has 1 heteroatoms. The molecular weight excluding hydrogens is 158 g/mol. The third kappa shape index (κ3) is 7.06. The number of hydrogen-bond donors (Lipinski definition) is 0. The molecule has 0 aromatic heterocycles. The molecular formula is C12H27N. The summed E-state index contributed by atoms with van der Waals surface area (Å²) in [6.07, 6.45) is 4.09. The van der Waals surface area contributed by atoms with Gasteiger partial charge in [-0.15, -0.1) is 0 Å². The van der Waals surface area contributed by atoms with Crippen LogP contribution in [0.1, 0.15) is 53.9 Å². The highest BCUT2D eigenvalue weighted by molar-refractivity contribution is 4.72. The molecule has 0 aromatic rings. The molecule has 0 amide bonds. The van der Waals surface area contributed by atoms with Gasteiger partial charge >= 0.3 is 0 Å². The van der Waals surface area contributed by atoms with Crippen molar-refractivity contribution in [2.45, 2.75) is 59.4 Å². The molecule has 0 atom stereocenters. The fourth-order valence-corrected chi connectivity index (χ4v) is 1.24. The van der Waals surface area contributed by atoms with E-state index < -0.39 is 0 Å². The maximum atomic E-state index is 2.44. The highest BCUT2D eigenvalue weighted by atomic mass is 15.1. The molecule has 0 unspecified atom stereocenters. The van der Waals surface area contributed by atoms with E-state index in [0.717, 1.165) is 5.92 Å². The summed E-state index contributed by atoms with van der Waals surface area (Å²) >= 11 is 0. The quantitative estimate of drug-likeness (QED) is 0.592. The summed E-state index contributed by atoms with van der Waals surface area (Å²) in [5, 5.41) is 0. The molecule has 0 N–H and O–H groups in total. The van der Waals surface area contributed by atoms with Gasteiger partial charge in [0.25, 0.3) is 0 Å². The minimum atomic E-state index is 0.331. The first-order valence-corrected chi connectivity index (χ1v) is 5.55. The van der Waals surface area contributed by atoms with E-state index in [0.29, 0.717) is 5.54 Å². The fraction of sp³-hybridized carbons (Fsp3) is 1.00. The van der Waals surface area contributed by atoms with Crippen LogP contribution in [0.15, 0.2) is 0 Å². The molecule has 0 fully saturated rings. The van der Waals surface area contributed by atoms with Gasteiger partial charge in [-0.3, -0.25) is 0 Å². The Labute approximate surface area is 84.5 Å². The lowest BCUT2D eigenvalue weighted by Gasteiger charge is -2.31. The molecule has 0 aliphatic carbocycles. The predicted octanol–water partition coefficient (Wildman–Crippen LogP) is 3.54. The summed E-state index contributed by atoms with van der Waals surface area (Å²) < 4.78 is 0. The van der Waals surface area contributed by atoms with Crippen LogP contribution in [0, 0.1) is 5.92 Å². The van der Waals surface area contributed by atoms with Gasteiger partial charge in [-0.2, -0.15) is 0 Å². The Hall–Kier alpha value is -0.0400. The zero-order chi connectivity index (χ0) is 10.5. The molecule has 0 saturated carbocycles.